The number of aromatic nitrogens is 2. The largest absolute Gasteiger partial charge is 0.435 e. The Labute approximate surface area is 169 Å². The number of hydrogen-bond donors (Lipinski definition) is 0. The molecule has 1 fully saturated rings. The highest BCUT2D eigenvalue weighted by molar-refractivity contribution is 5.78. The van der Waals surface area contributed by atoms with E-state index < -0.39 is 17.8 Å². The molecule has 0 aliphatic carbocycles. The van der Waals surface area contributed by atoms with Gasteiger partial charge < -0.3 is 4.90 Å². The topological polar surface area (TPSA) is 41.4 Å². The Hall–Kier alpha value is -2.35. The van der Waals surface area contributed by atoms with Crippen molar-refractivity contribution in [3.8, 4) is 0 Å². The smallest absolute Gasteiger partial charge is 0.340 e. The summed E-state index contributed by atoms with van der Waals surface area (Å²) in [5.41, 5.74) is 1.97. The minimum Gasteiger partial charge on any atom is -0.340 e. The molecule has 0 saturated carbocycles. The molecule has 1 aromatic carbocycles. The van der Waals surface area contributed by atoms with Gasteiger partial charge in [0, 0.05) is 38.4 Å². The molecular weight excluding hydrogens is 381 g/mol. The average molecular weight is 408 g/mol. The van der Waals surface area contributed by atoms with Crippen LogP contribution in [-0.2, 0) is 24.1 Å². The summed E-state index contributed by atoms with van der Waals surface area (Å²) in [7, 11) is 0. The Kier molecular flexibility index (Phi) is 6.31. The van der Waals surface area contributed by atoms with E-state index in [0.717, 1.165) is 25.7 Å². The predicted molar refractivity (Wildman–Crippen MR) is 104 cm³/mol. The molecule has 1 aliphatic heterocycles. The number of piperazine rings is 1. The van der Waals surface area contributed by atoms with E-state index in [0.29, 0.717) is 18.8 Å². The van der Waals surface area contributed by atoms with Crippen LogP contribution in [-0.4, -0.2) is 51.7 Å². The van der Waals surface area contributed by atoms with Gasteiger partial charge in [0.15, 0.2) is 5.69 Å². The van der Waals surface area contributed by atoms with E-state index in [1.54, 1.807) is 18.7 Å². The number of hydrogen-bond acceptors (Lipinski definition) is 3. The highest BCUT2D eigenvalue weighted by atomic mass is 19.4. The molecule has 0 bridgehead atoms. The molecule has 1 unspecified atom stereocenters. The Balaban J connectivity index is 1.53. The van der Waals surface area contributed by atoms with Crippen molar-refractivity contribution in [1.29, 1.82) is 0 Å². The van der Waals surface area contributed by atoms with Crippen molar-refractivity contribution in [2.45, 2.75) is 40.0 Å². The van der Waals surface area contributed by atoms with Gasteiger partial charge in [-0.15, -0.1) is 0 Å². The van der Waals surface area contributed by atoms with Gasteiger partial charge in [-0.25, -0.2) is 0 Å². The van der Waals surface area contributed by atoms with Crippen LogP contribution in [0.3, 0.4) is 0 Å². The second-order valence-corrected chi connectivity index (χ2v) is 7.84. The SMILES string of the molecule is Cc1cccc(CN2CCN(C(=O)C(C)Cn3nc(C(F)(F)F)cc3C)CC2)c1. The van der Waals surface area contributed by atoms with E-state index in [4.69, 9.17) is 0 Å². The minimum atomic E-state index is -4.48. The second kappa shape index (κ2) is 8.57. The molecule has 0 spiro atoms. The quantitative estimate of drug-likeness (QED) is 0.761. The third kappa shape index (κ3) is 5.38. The molecule has 1 atom stereocenters. The van der Waals surface area contributed by atoms with Gasteiger partial charge in [-0.05, 0) is 25.5 Å². The molecule has 2 aromatic rings. The van der Waals surface area contributed by atoms with E-state index in [1.807, 2.05) is 6.07 Å². The fraction of sp³-hybridized carbons (Fsp3) is 0.524. The van der Waals surface area contributed by atoms with Gasteiger partial charge in [-0.3, -0.25) is 14.4 Å². The first-order chi connectivity index (χ1) is 13.6. The molecule has 1 amide bonds. The van der Waals surface area contributed by atoms with Crippen molar-refractivity contribution < 1.29 is 18.0 Å². The second-order valence-electron chi connectivity index (χ2n) is 7.84. The minimum absolute atomic E-state index is 0.0383. The van der Waals surface area contributed by atoms with Gasteiger partial charge in [0.05, 0.1) is 12.5 Å². The monoisotopic (exact) mass is 408 g/mol. The van der Waals surface area contributed by atoms with E-state index >= 15 is 0 Å². The van der Waals surface area contributed by atoms with Gasteiger partial charge in [0.1, 0.15) is 0 Å². The lowest BCUT2D eigenvalue weighted by Gasteiger charge is -2.36. The fourth-order valence-corrected chi connectivity index (χ4v) is 3.68. The van der Waals surface area contributed by atoms with Gasteiger partial charge in [-0.2, -0.15) is 18.3 Å². The number of halogens is 3. The summed E-state index contributed by atoms with van der Waals surface area (Å²) in [6, 6.07) is 9.41. The molecule has 1 aliphatic rings. The highest BCUT2D eigenvalue weighted by Gasteiger charge is 2.35. The van der Waals surface area contributed by atoms with Gasteiger partial charge >= 0.3 is 6.18 Å². The molecule has 0 radical (unpaired) electrons. The number of carbonyl (C=O) groups is 1. The Morgan fingerprint density at radius 1 is 1.14 bits per heavy atom. The normalized spacial score (nSPS) is 16.8. The maximum absolute atomic E-state index is 12.8. The van der Waals surface area contributed by atoms with Crippen molar-refractivity contribution in [3.05, 3.63) is 52.8 Å². The number of amides is 1. The molecule has 0 N–H and O–H groups in total. The highest BCUT2D eigenvalue weighted by Crippen LogP contribution is 2.28. The standard InChI is InChI=1S/C21H27F3N4O/c1-15-5-4-6-18(11-15)14-26-7-9-27(10-8-26)20(29)16(2)13-28-17(3)12-19(25-28)21(22,23)24/h4-6,11-12,16H,7-10,13-14H2,1-3H3. The van der Waals surface area contributed by atoms with Crippen LogP contribution in [0.1, 0.15) is 29.4 Å². The van der Waals surface area contributed by atoms with E-state index in [-0.39, 0.29) is 12.5 Å². The lowest BCUT2D eigenvalue weighted by Crippen LogP contribution is -2.50. The molecule has 1 aromatic heterocycles. The van der Waals surface area contributed by atoms with Crippen LogP contribution in [0.2, 0.25) is 0 Å². The maximum atomic E-state index is 12.8. The maximum Gasteiger partial charge on any atom is 0.435 e. The van der Waals surface area contributed by atoms with Crippen LogP contribution in [0.5, 0.6) is 0 Å². The predicted octanol–water partition coefficient (Wildman–Crippen LogP) is 3.50. The first-order valence-electron chi connectivity index (χ1n) is 9.82. The fourth-order valence-electron chi connectivity index (χ4n) is 3.68. The summed E-state index contributed by atoms with van der Waals surface area (Å²) in [5.74, 6) is -0.471. The van der Waals surface area contributed by atoms with E-state index in [2.05, 4.69) is 35.1 Å². The summed E-state index contributed by atoms with van der Waals surface area (Å²) in [6.07, 6.45) is -4.48. The first-order valence-corrected chi connectivity index (χ1v) is 9.82. The molecule has 158 valence electrons. The molecule has 29 heavy (non-hydrogen) atoms. The Morgan fingerprint density at radius 2 is 1.83 bits per heavy atom. The van der Waals surface area contributed by atoms with Gasteiger partial charge in [-0.1, -0.05) is 36.8 Å². The molecule has 8 heteroatoms. The summed E-state index contributed by atoms with van der Waals surface area (Å²) in [6.45, 7) is 9.20. The molecule has 5 nitrogen and oxygen atoms in total. The lowest BCUT2D eigenvalue weighted by molar-refractivity contribution is -0.141. The average Bonchev–Trinajstić information content (AvgIpc) is 3.03. The number of rotatable bonds is 5. The zero-order chi connectivity index (χ0) is 21.2. The first kappa shape index (κ1) is 21.4. The van der Waals surface area contributed by atoms with E-state index in [9.17, 15) is 18.0 Å². The molecule has 1 saturated heterocycles. The number of alkyl halides is 3. The van der Waals surface area contributed by atoms with Gasteiger partial charge in [0.25, 0.3) is 0 Å². The third-order valence-electron chi connectivity index (χ3n) is 5.31. The lowest BCUT2D eigenvalue weighted by atomic mass is 10.1. The number of benzene rings is 1. The van der Waals surface area contributed by atoms with E-state index in [1.165, 1.54) is 15.8 Å². The third-order valence-corrected chi connectivity index (χ3v) is 5.31. The summed E-state index contributed by atoms with van der Waals surface area (Å²) in [5, 5.41) is 3.63. The Bertz CT molecular complexity index is 854. The van der Waals surface area contributed by atoms with Gasteiger partial charge in [0.2, 0.25) is 5.91 Å². The van der Waals surface area contributed by atoms with Crippen LogP contribution in [0.25, 0.3) is 0 Å². The summed E-state index contributed by atoms with van der Waals surface area (Å²) >= 11 is 0. The Morgan fingerprint density at radius 3 is 2.41 bits per heavy atom. The van der Waals surface area contributed by atoms with Crippen molar-refractivity contribution >= 4 is 5.91 Å². The molecule has 2 heterocycles. The molecular formula is C21H27F3N4O. The van der Waals surface area contributed by atoms with Crippen LogP contribution < -0.4 is 0 Å². The van der Waals surface area contributed by atoms with Crippen molar-refractivity contribution in [2.24, 2.45) is 5.92 Å². The van der Waals surface area contributed by atoms with Crippen LogP contribution in [0.4, 0.5) is 13.2 Å². The van der Waals surface area contributed by atoms with Crippen molar-refractivity contribution in [1.82, 2.24) is 19.6 Å². The number of aryl methyl sites for hydroxylation is 2. The zero-order valence-corrected chi connectivity index (χ0v) is 17.0. The zero-order valence-electron chi connectivity index (χ0n) is 17.0. The van der Waals surface area contributed by atoms with Crippen LogP contribution >= 0.6 is 0 Å². The molecule has 3 rings (SSSR count). The number of nitrogens with zero attached hydrogens (tertiary/aromatic N) is 4. The van der Waals surface area contributed by atoms with Crippen molar-refractivity contribution in [3.63, 3.8) is 0 Å². The number of carbonyl (C=O) groups excluding carboxylic acids is 1. The van der Waals surface area contributed by atoms with Crippen molar-refractivity contribution in [2.75, 3.05) is 26.2 Å². The van der Waals surface area contributed by atoms with Crippen LogP contribution in [0.15, 0.2) is 30.3 Å². The van der Waals surface area contributed by atoms with Crippen LogP contribution in [0, 0.1) is 19.8 Å². The summed E-state index contributed by atoms with van der Waals surface area (Å²) in [4.78, 5) is 16.9. The summed E-state index contributed by atoms with van der Waals surface area (Å²) < 4.78 is 39.8.